The van der Waals surface area contributed by atoms with Gasteiger partial charge in [0.05, 0.1) is 11.7 Å². The minimum Gasteiger partial charge on any atom is -0.491 e. The Hall–Kier alpha value is -2.77. The monoisotopic (exact) mass is 386 g/mol. The molecule has 1 saturated heterocycles. The second kappa shape index (κ2) is 6.12. The highest BCUT2D eigenvalue weighted by Crippen LogP contribution is 2.45. The van der Waals surface area contributed by atoms with Crippen molar-refractivity contribution in [3.63, 3.8) is 0 Å². The first-order valence-electron chi connectivity index (χ1n) is 9.51. The summed E-state index contributed by atoms with van der Waals surface area (Å²) < 4.78 is 34.6. The number of carbonyl (C=O) groups excluding carboxylic acids is 1. The van der Waals surface area contributed by atoms with Gasteiger partial charge in [0, 0.05) is 43.1 Å². The average Bonchev–Trinajstić information content (AvgIpc) is 3.13. The fraction of sp³-hybridized carbons (Fsp3) is 0.450. The average molecular weight is 386 g/mol. The summed E-state index contributed by atoms with van der Waals surface area (Å²) in [5.74, 6) is -2.02. The number of fused-ring (bicyclic) bond motifs is 2. The number of rotatable bonds is 3. The summed E-state index contributed by atoms with van der Waals surface area (Å²) >= 11 is 0. The highest BCUT2D eigenvalue weighted by molar-refractivity contribution is 5.74. The largest absolute Gasteiger partial charge is 0.491 e. The minimum atomic E-state index is -2.92. The van der Waals surface area contributed by atoms with E-state index in [2.05, 4.69) is 15.3 Å². The van der Waals surface area contributed by atoms with Gasteiger partial charge >= 0.3 is 0 Å². The lowest BCUT2D eigenvalue weighted by molar-refractivity contribution is -0.119. The Morgan fingerprint density at radius 3 is 2.86 bits per heavy atom. The first kappa shape index (κ1) is 17.3. The summed E-state index contributed by atoms with van der Waals surface area (Å²) in [6, 6.07) is 5.37. The maximum Gasteiger partial charge on any atom is 0.290 e. The summed E-state index contributed by atoms with van der Waals surface area (Å²) in [5, 5.41) is 2.85. The van der Waals surface area contributed by atoms with Gasteiger partial charge in [-0.3, -0.25) is 4.79 Å². The highest BCUT2D eigenvalue weighted by Gasteiger charge is 2.43. The zero-order valence-corrected chi connectivity index (χ0v) is 15.5. The predicted molar refractivity (Wildman–Crippen MR) is 98.6 cm³/mol. The lowest BCUT2D eigenvalue weighted by atomic mass is 10.0. The Kier molecular flexibility index (Phi) is 3.79. The molecule has 1 amide bonds. The number of nitrogens with zero attached hydrogens (tertiary/aromatic N) is 3. The SMILES string of the molecule is CC(=O)NC1COc2cc(-c3nc(N4CCC4)nc4c3CCC4(F)F)ccc21. The van der Waals surface area contributed by atoms with Crippen LogP contribution in [0.5, 0.6) is 5.75 Å². The third-order valence-electron chi connectivity index (χ3n) is 5.62. The van der Waals surface area contributed by atoms with Crippen LogP contribution in [-0.2, 0) is 17.1 Å². The molecule has 1 unspecified atom stereocenters. The van der Waals surface area contributed by atoms with Crippen LogP contribution in [0.2, 0.25) is 0 Å². The Labute approximate surface area is 160 Å². The zero-order valence-electron chi connectivity index (χ0n) is 15.5. The van der Waals surface area contributed by atoms with Crippen molar-refractivity contribution >= 4 is 11.9 Å². The molecule has 1 aromatic carbocycles. The quantitative estimate of drug-likeness (QED) is 0.879. The Balaban J connectivity index is 1.58. The third kappa shape index (κ3) is 2.70. The predicted octanol–water partition coefficient (Wildman–Crippen LogP) is 2.96. The number of alkyl halides is 2. The first-order chi connectivity index (χ1) is 13.4. The van der Waals surface area contributed by atoms with Crippen LogP contribution in [0.1, 0.15) is 42.6 Å². The topological polar surface area (TPSA) is 67.3 Å². The van der Waals surface area contributed by atoms with Crippen LogP contribution in [-0.4, -0.2) is 35.6 Å². The van der Waals surface area contributed by atoms with Crippen molar-refractivity contribution in [2.45, 2.75) is 38.2 Å². The van der Waals surface area contributed by atoms with E-state index < -0.39 is 5.92 Å². The van der Waals surface area contributed by atoms with E-state index in [4.69, 9.17) is 4.74 Å². The molecule has 8 heteroatoms. The second-order valence-electron chi connectivity index (χ2n) is 7.56. The minimum absolute atomic E-state index is 0.124. The Morgan fingerprint density at radius 2 is 2.14 bits per heavy atom. The Morgan fingerprint density at radius 1 is 1.32 bits per heavy atom. The summed E-state index contributed by atoms with van der Waals surface area (Å²) in [5.41, 5.74) is 2.55. The molecule has 146 valence electrons. The van der Waals surface area contributed by atoms with E-state index >= 15 is 0 Å². The van der Waals surface area contributed by atoms with Gasteiger partial charge in [0.2, 0.25) is 11.9 Å². The molecule has 28 heavy (non-hydrogen) atoms. The van der Waals surface area contributed by atoms with Crippen molar-refractivity contribution in [1.82, 2.24) is 15.3 Å². The number of benzene rings is 1. The number of halogens is 2. The normalized spacial score (nSPS) is 21.5. The molecule has 0 spiro atoms. The highest BCUT2D eigenvalue weighted by atomic mass is 19.3. The van der Waals surface area contributed by atoms with Crippen molar-refractivity contribution in [2.24, 2.45) is 0 Å². The van der Waals surface area contributed by atoms with E-state index in [1.807, 2.05) is 23.1 Å². The molecule has 3 aliphatic rings. The molecule has 1 aliphatic carbocycles. The van der Waals surface area contributed by atoms with E-state index in [0.717, 1.165) is 30.6 Å². The molecule has 1 fully saturated rings. The van der Waals surface area contributed by atoms with Crippen molar-refractivity contribution in [3.05, 3.63) is 35.0 Å². The maximum absolute atomic E-state index is 14.4. The lowest BCUT2D eigenvalue weighted by Crippen LogP contribution is -2.38. The zero-order chi connectivity index (χ0) is 19.5. The van der Waals surface area contributed by atoms with Crippen molar-refractivity contribution in [2.75, 3.05) is 24.6 Å². The molecule has 3 heterocycles. The van der Waals surface area contributed by atoms with Gasteiger partial charge in [-0.2, -0.15) is 8.78 Å². The van der Waals surface area contributed by atoms with Crippen LogP contribution in [0.3, 0.4) is 0 Å². The first-order valence-corrected chi connectivity index (χ1v) is 9.51. The molecule has 0 saturated carbocycles. The van der Waals surface area contributed by atoms with Crippen molar-refractivity contribution in [3.8, 4) is 17.0 Å². The van der Waals surface area contributed by atoms with Gasteiger partial charge in [-0.05, 0) is 18.9 Å². The number of ether oxygens (including phenoxy) is 1. The van der Waals surface area contributed by atoms with Gasteiger partial charge in [-0.25, -0.2) is 9.97 Å². The number of anilines is 1. The van der Waals surface area contributed by atoms with Crippen molar-refractivity contribution < 1.29 is 18.3 Å². The van der Waals surface area contributed by atoms with Crippen molar-refractivity contribution in [1.29, 1.82) is 0 Å². The lowest BCUT2D eigenvalue weighted by Gasteiger charge is -2.31. The number of amides is 1. The van der Waals surface area contributed by atoms with Crippen LogP contribution in [0.4, 0.5) is 14.7 Å². The molecule has 1 atom stereocenters. The molecular formula is C20H20F2N4O2. The fourth-order valence-corrected chi connectivity index (χ4v) is 4.03. The van der Waals surface area contributed by atoms with E-state index in [0.29, 0.717) is 29.6 Å². The van der Waals surface area contributed by atoms with E-state index in [1.165, 1.54) is 6.92 Å². The van der Waals surface area contributed by atoms with Crippen LogP contribution in [0, 0.1) is 0 Å². The number of aromatic nitrogens is 2. The molecule has 1 N–H and O–H groups in total. The van der Waals surface area contributed by atoms with Crippen LogP contribution < -0.4 is 15.0 Å². The summed E-state index contributed by atoms with van der Waals surface area (Å²) in [4.78, 5) is 22.2. The van der Waals surface area contributed by atoms with Gasteiger partial charge < -0.3 is 15.0 Å². The maximum atomic E-state index is 14.4. The molecule has 2 aliphatic heterocycles. The number of hydrogen-bond acceptors (Lipinski definition) is 5. The van der Waals surface area contributed by atoms with E-state index in [1.54, 1.807) is 0 Å². The molecule has 5 rings (SSSR count). The van der Waals surface area contributed by atoms with Crippen LogP contribution in [0.25, 0.3) is 11.3 Å². The molecule has 1 aromatic heterocycles. The molecule has 2 aromatic rings. The third-order valence-corrected chi connectivity index (χ3v) is 5.62. The van der Waals surface area contributed by atoms with Gasteiger partial charge in [-0.1, -0.05) is 12.1 Å². The van der Waals surface area contributed by atoms with E-state index in [-0.39, 0.29) is 30.5 Å². The standard InChI is InChI=1S/C20H20F2N4O2/c1-11(27)23-15-10-28-16-9-12(3-4-13(15)16)17-14-5-6-20(21,22)18(14)25-19(24-17)26-7-2-8-26/h3-4,9,15H,2,5-8,10H2,1H3,(H,23,27). The molecule has 0 bridgehead atoms. The number of nitrogens with one attached hydrogen (secondary N) is 1. The Bertz CT molecular complexity index is 975. The summed E-state index contributed by atoms with van der Waals surface area (Å²) in [6.07, 6.45) is 1.04. The molecular weight excluding hydrogens is 366 g/mol. The number of hydrogen-bond donors (Lipinski definition) is 1. The second-order valence-corrected chi connectivity index (χ2v) is 7.56. The van der Waals surface area contributed by atoms with Gasteiger partial charge in [0.25, 0.3) is 5.92 Å². The van der Waals surface area contributed by atoms with Gasteiger partial charge in [-0.15, -0.1) is 0 Å². The van der Waals surface area contributed by atoms with Crippen LogP contribution >= 0.6 is 0 Å². The summed E-state index contributed by atoms with van der Waals surface area (Å²) in [6.45, 7) is 3.40. The van der Waals surface area contributed by atoms with Gasteiger partial charge in [0.1, 0.15) is 18.1 Å². The molecule has 6 nitrogen and oxygen atoms in total. The summed E-state index contributed by atoms with van der Waals surface area (Å²) in [7, 11) is 0. The van der Waals surface area contributed by atoms with E-state index in [9.17, 15) is 13.6 Å². The fourth-order valence-electron chi connectivity index (χ4n) is 4.03. The molecule has 0 radical (unpaired) electrons. The number of carbonyl (C=O) groups is 1. The smallest absolute Gasteiger partial charge is 0.290 e. The van der Waals surface area contributed by atoms with Crippen LogP contribution in [0.15, 0.2) is 18.2 Å². The van der Waals surface area contributed by atoms with Gasteiger partial charge in [0.15, 0.2) is 0 Å².